The quantitative estimate of drug-likeness (QED) is 0.886. The molecule has 0 saturated carbocycles. The first-order chi connectivity index (χ1) is 10.5. The number of carbonyl (C=O) groups excluding carboxylic acids is 1. The molecular formula is C17H18N2O3. The highest BCUT2D eigenvalue weighted by Crippen LogP contribution is 2.15. The Morgan fingerprint density at radius 1 is 1.14 bits per heavy atom. The highest BCUT2D eigenvalue weighted by molar-refractivity contribution is 5.94. The molecule has 2 aromatic rings. The molecule has 0 radical (unpaired) electrons. The van der Waals surface area contributed by atoms with Crippen molar-refractivity contribution < 1.29 is 14.7 Å². The molecule has 2 N–H and O–H groups in total. The van der Waals surface area contributed by atoms with Crippen LogP contribution in [0.25, 0.3) is 0 Å². The summed E-state index contributed by atoms with van der Waals surface area (Å²) in [7, 11) is 0. The van der Waals surface area contributed by atoms with Crippen molar-refractivity contribution in [1.82, 2.24) is 10.3 Å². The summed E-state index contributed by atoms with van der Waals surface area (Å²) in [6.07, 6.45) is 1.74. The van der Waals surface area contributed by atoms with E-state index in [0.717, 1.165) is 16.7 Å². The first kappa shape index (κ1) is 15.7. The van der Waals surface area contributed by atoms with Crippen LogP contribution in [0.3, 0.4) is 0 Å². The van der Waals surface area contributed by atoms with E-state index in [1.54, 1.807) is 18.2 Å². The van der Waals surface area contributed by atoms with E-state index in [1.807, 2.05) is 32.0 Å². The van der Waals surface area contributed by atoms with E-state index >= 15 is 0 Å². The monoisotopic (exact) mass is 298 g/mol. The van der Waals surface area contributed by atoms with Gasteiger partial charge in [-0.3, -0.25) is 9.78 Å². The maximum absolute atomic E-state index is 12.1. The lowest BCUT2D eigenvalue weighted by atomic mass is 9.96. The number of aromatic nitrogens is 1. The summed E-state index contributed by atoms with van der Waals surface area (Å²) in [4.78, 5) is 27.5. The average Bonchev–Trinajstić information content (AvgIpc) is 2.50. The highest BCUT2D eigenvalue weighted by atomic mass is 16.4. The number of benzene rings is 1. The summed E-state index contributed by atoms with van der Waals surface area (Å²) in [5, 5.41) is 11.9. The number of nitrogens with one attached hydrogen (secondary N) is 1. The summed E-state index contributed by atoms with van der Waals surface area (Å²) >= 11 is 0. The van der Waals surface area contributed by atoms with Crippen LogP contribution in [0.4, 0.5) is 0 Å². The van der Waals surface area contributed by atoms with Crippen molar-refractivity contribution in [3.05, 3.63) is 65.0 Å². The van der Waals surface area contributed by atoms with E-state index in [2.05, 4.69) is 10.3 Å². The molecule has 0 fully saturated rings. The van der Waals surface area contributed by atoms with Crippen LogP contribution in [-0.4, -0.2) is 28.0 Å². The molecular weight excluding hydrogens is 280 g/mol. The number of pyridine rings is 1. The maximum atomic E-state index is 12.1. The normalized spacial score (nSPS) is 11.7. The Kier molecular flexibility index (Phi) is 4.88. The van der Waals surface area contributed by atoms with E-state index in [4.69, 9.17) is 0 Å². The lowest BCUT2D eigenvalue weighted by molar-refractivity contribution is -0.139. The van der Waals surface area contributed by atoms with Gasteiger partial charge >= 0.3 is 5.97 Å². The molecule has 0 saturated heterocycles. The fraction of sp³-hybridized carbons (Fsp3) is 0.235. The van der Waals surface area contributed by atoms with Gasteiger partial charge in [-0.05, 0) is 42.7 Å². The maximum Gasteiger partial charge on any atom is 0.326 e. The van der Waals surface area contributed by atoms with Crippen LogP contribution < -0.4 is 5.32 Å². The smallest absolute Gasteiger partial charge is 0.326 e. The lowest BCUT2D eigenvalue weighted by Crippen LogP contribution is -2.42. The molecule has 1 aromatic heterocycles. The summed E-state index contributed by atoms with van der Waals surface area (Å²) in [5.41, 5.74) is 3.17. The topological polar surface area (TPSA) is 79.3 Å². The fourth-order valence-corrected chi connectivity index (χ4v) is 2.30. The van der Waals surface area contributed by atoms with Crippen LogP contribution in [0.2, 0.25) is 0 Å². The van der Waals surface area contributed by atoms with Crippen molar-refractivity contribution in [3.8, 4) is 0 Å². The number of nitrogens with zero attached hydrogens (tertiary/aromatic N) is 1. The second kappa shape index (κ2) is 6.85. The second-order valence-corrected chi connectivity index (χ2v) is 5.15. The molecule has 1 atom stereocenters. The molecule has 0 bridgehead atoms. The van der Waals surface area contributed by atoms with Crippen molar-refractivity contribution >= 4 is 11.9 Å². The first-order valence-corrected chi connectivity index (χ1v) is 6.99. The Morgan fingerprint density at radius 3 is 2.36 bits per heavy atom. The van der Waals surface area contributed by atoms with Crippen LogP contribution in [0.1, 0.15) is 27.2 Å². The molecule has 0 aliphatic heterocycles. The van der Waals surface area contributed by atoms with Gasteiger partial charge in [-0.2, -0.15) is 0 Å². The number of rotatable bonds is 5. The number of carboxylic acid groups (broad SMARTS) is 1. The third kappa shape index (κ3) is 3.69. The molecule has 1 aromatic carbocycles. The number of hydrogen-bond donors (Lipinski definition) is 2. The van der Waals surface area contributed by atoms with Crippen LogP contribution in [0.15, 0.2) is 42.6 Å². The standard InChI is InChI=1S/C17H18N2O3/c1-11-6-5-7-12(2)13(11)10-15(17(21)22)19-16(20)14-8-3-4-9-18-14/h3-9,15H,10H2,1-2H3,(H,19,20)(H,21,22)/t15-/m0/s1. The minimum Gasteiger partial charge on any atom is -0.480 e. The molecule has 1 heterocycles. The third-order valence-corrected chi connectivity index (χ3v) is 3.55. The van der Waals surface area contributed by atoms with Crippen molar-refractivity contribution in [2.75, 3.05) is 0 Å². The number of hydrogen-bond acceptors (Lipinski definition) is 3. The van der Waals surface area contributed by atoms with Gasteiger partial charge in [0.1, 0.15) is 11.7 Å². The SMILES string of the molecule is Cc1cccc(C)c1C[C@H](NC(=O)c1ccccn1)C(=O)O. The van der Waals surface area contributed by atoms with Gasteiger partial charge in [0.15, 0.2) is 0 Å². The first-order valence-electron chi connectivity index (χ1n) is 6.99. The zero-order valence-electron chi connectivity index (χ0n) is 12.5. The molecule has 0 aliphatic carbocycles. The van der Waals surface area contributed by atoms with Gasteiger partial charge < -0.3 is 10.4 Å². The summed E-state index contributed by atoms with van der Waals surface area (Å²) in [5.74, 6) is -1.55. The number of amides is 1. The molecule has 22 heavy (non-hydrogen) atoms. The Bertz CT molecular complexity index is 663. The van der Waals surface area contributed by atoms with Crippen molar-refractivity contribution in [2.24, 2.45) is 0 Å². The molecule has 114 valence electrons. The highest BCUT2D eigenvalue weighted by Gasteiger charge is 2.22. The van der Waals surface area contributed by atoms with Crippen LogP contribution >= 0.6 is 0 Å². The molecule has 1 amide bonds. The van der Waals surface area contributed by atoms with Gasteiger partial charge in [0, 0.05) is 12.6 Å². The van der Waals surface area contributed by atoms with E-state index in [0.29, 0.717) is 0 Å². The predicted molar refractivity (Wildman–Crippen MR) is 82.7 cm³/mol. The van der Waals surface area contributed by atoms with E-state index < -0.39 is 17.9 Å². The van der Waals surface area contributed by atoms with Crippen LogP contribution in [-0.2, 0) is 11.2 Å². The second-order valence-electron chi connectivity index (χ2n) is 5.15. The molecule has 0 unspecified atom stereocenters. The predicted octanol–water partition coefficient (Wildman–Crippen LogP) is 2.12. The summed E-state index contributed by atoms with van der Waals surface area (Å²) in [6, 6.07) is 9.73. The van der Waals surface area contributed by atoms with Gasteiger partial charge in [0.25, 0.3) is 5.91 Å². The van der Waals surface area contributed by atoms with Gasteiger partial charge in [0.05, 0.1) is 0 Å². The van der Waals surface area contributed by atoms with Gasteiger partial charge in [-0.15, -0.1) is 0 Å². The Hall–Kier alpha value is -2.69. The van der Waals surface area contributed by atoms with Crippen molar-refractivity contribution in [1.29, 1.82) is 0 Å². The van der Waals surface area contributed by atoms with Crippen molar-refractivity contribution in [2.45, 2.75) is 26.3 Å². The van der Waals surface area contributed by atoms with Gasteiger partial charge in [0.2, 0.25) is 0 Å². The van der Waals surface area contributed by atoms with Crippen LogP contribution in [0, 0.1) is 13.8 Å². The Balaban J connectivity index is 2.18. The van der Waals surface area contributed by atoms with E-state index in [-0.39, 0.29) is 12.1 Å². The molecule has 5 heteroatoms. The van der Waals surface area contributed by atoms with Crippen LogP contribution in [0.5, 0.6) is 0 Å². The zero-order chi connectivity index (χ0) is 16.1. The number of carbonyl (C=O) groups is 2. The van der Waals surface area contributed by atoms with E-state index in [9.17, 15) is 14.7 Å². The summed E-state index contributed by atoms with van der Waals surface area (Å²) in [6.45, 7) is 3.86. The average molecular weight is 298 g/mol. The zero-order valence-corrected chi connectivity index (χ0v) is 12.5. The van der Waals surface area contributed by atoms with Gasteiger partial charge in [-0.1, -0.05) is 24.3 Å². The minimum absolute atomic E-state index is 0.204. The fourth-order valence-electron chi connectivity index (χ4n) is 2.30. The largest absolute Gasteiger partial charge is 0.480 e. The summed E-state index contributed by atoms with van der Waals surface area (Å²) < 4.78 is 0. The van der Waals surface area contributed by atoms with Gasteiger partial charge in [-0.25, -0.2) is 4.79 Å². The minimum atomic E-state index is -1.06. The molecule has 0 spiro atoms. The number of aliphatic carboxylic acids is 1. The Morgan fingerprint density at radius 2 is 1.82 bits per heavy atom. The number of carboxylic acids is 1. The lowest BCUT2D eigenvalue weighted by Gasteiger charge is -2.17. The number of aryl methyl sites for hydroxylation is 2. The molecule has 5 nitrogen and oxygen atoms in total. The van der Waals surface area contributed by atoms with E-state index in [1.165, 1.54) is 6.20 Å². The Labute approximate surface area is 129 Å². The van der Waals surface area contributed by atoms with Crippen molar-refractivity contribution in [3.63, 3.8) is 0 Å². The molecule has 2 rings (SSSR count). The molecule has 0 aliphatic rings. The third-order valence-electron chi connectivity index (χ3n) is 3.55.